The molecule has 0 saturated heterocycles. The van der Waals surface area contributed by atoms with Gasteiger partial charge >= 0.3 is 5.97 Å². The molecule has 5 heteroatoms. The number of aryl methyl sites for hydroxylation is 2. The van der Waals surface area contributed by atoms with Crippen LogP contribution in [0.5, 0.6) is 0 Å². The van der Waals surface area contributed by atoms with E-state index in [9.17, 15) is 4.79 Å². The standard InChI is InChI=1S/C16H21N3O2/c1-4-14-17-15(5-2)19(18-14)11-13(16(20)21-3)12-9-7-6-8-10-12/h6-10,13H,4-5,11H2,1-3H3. The maximum Gasteiger partial charge on any atom is 0.315 e. The zero-order chi connectivity index (χ0) is 15.2. The summed E-state index contributed by atoms with van der Waals surface area (Å²) in [5.41, 5.74) is 0.931. The van der Waals surface area contributed by atoms with E-state index in [-0.39, 0.29) is 11.9 Å². The van der Waals surface area contributed by atoms with E-state index in [2.05, 4.69) is 10.1 Å². The Hall–Kier alpha value is -2.17. The Labute approximate surface area is 125 Å². The van der Waals surface area contributed by atoms with Crippen molar-refractivity contribution in [2.75, 3.05) is 7.11 Å². The fourth-order valence-electron chi connectivity index (χ4n) is 2.30. The summed E-state index contributed by atoms with van der Waals surface area (Å²) in [4.78, 5) is 16.6. The average Bonchev–Trinajstić information content (AvgIpc) is 2.95. The maximum atomic E-state index is 12.1. The molecule has 5 nitrogen and oxygen atoms in total. The van der Waals surface area contributed by atoms with Crippen molar-refractivity contribution in [2.45, 2.75) is 39.2 Å². The number of ether oxygens (including phenoxy) is 1. The third-order valence-corrected chi connectivity index (χ3v) is 3.47. The topological polar surface area (TPSA) is 57.0 Å². The van der Waals surface area contributed by atoms with Crippen LogP contribution >= 0.6 is 0 Å². The monoisotopic (exact) mass is 287 g/mol. The molecule has 112 valence electrons. The molecule has 0 spiro atoms. The van der Waals surface area contributed by atoms with Gasteiger partial charge in [-0.05, 0) is 5.56 Å². The van der Waals surface area contributed by atoms with Crippen molar-refractivity contribution < 1.29 is 9.53 Å². The van der Waals surface area contributed by atoms with Gasteiger partial charge in [-0.2, -0.15) is 5.10 Å². The number of carbonyl (C=O) groups excluding carboxylic acids is 1. The van der Waals surface area contributed by atoms with Crippen LogP contribution in [0.15, 0.2) is 30.3 Å². The van der Waals surface area contributed by atoms with Crippen LogP contribution in [0.2, 0.25) is 0 Å². The Morgan fingerprint density at radius 3 is 2.52 bits per heavy atom. The molecule has 0 amide bonds. The third kappa shape index (κ3) is 3.48. The molecule has 21 heavy (non-hydrogen) atoms. The minimum absolute atomic E-state index is 0.253. The molecule has 2 rings (SSSR count). The predicted molar refractivity (Wildman–Crippen MR) is 80.0 cm³/mol. The van der Waals surface area contributed by atoms with Crippen LogP contribution in [0, 0.1) is 0 Å². The molecule has 1 aromatic heterocycles. The molecule has 1 unspecified atom stereocenters. The molecule has 1 atom stereocenters. The lowest BCUT2D eigenvalue weighted by atomic mass is 9.99. The highest BCUT2D eigenvalue weighted by atomic mass is 16.5. The van der Waals surface area contributed by atoms with Gasteiger partial charge in [-0.25, -0.2) is 9.67 Å². The van der Waals surface area contributed by atoms with Gasteiger partial charge in [0.25, 0.3) is 0 Å². The highest BCUT2D eigenvalue weighted by molar-refractivity contribution is 5.77. The minimum Gasteiger partial charge on any atom is -0.468 e. The lowest BCUT2D eigenvalue weighted by molar-refractivity contribution is -0.142. The Balaban J connectivity index is 2.31. The van der Waals surface area contributed by atoms with Crippen LogP contribution < -0.4 is 0 Å². The van der Waals surface area contributed by atoms with Gasteiger partial charge in [-0.15, -0.1) is 0 Å². The molecule has 0 aliphatic rings. The number of esters is 1. The fraction of sp³-hybridized carbons (Fsp3) is 0.438. The van der Waals surface area contributed by atoms with Crippen LogP contribution in [0.1, 0.15) is 37.0 Å². The maximum absolute atomic E-state index is 12.1. The largest absolute Gasteiger partial charge is 0.468 e. The molecule has 1 aromatic carbocycles. The van der Waals surface area contributed by atoms with Crippen molar-refractivity contribution in [1.29, 1.82) is 0 Å². The molecular weight excluding hydrogens is 266 g/mol. The first-order valence-corrected chi connectivity index (χ1v) is 7.24. The highest BCUT2D eigenvalue weighted by Crippen LogP contribution is 2.20. The van der Waals surface area contributed by atoms with Gasteiger partial charge in [0.1, 0.15) is 11.7 Å². The van der Waals surface area contributed by atoms with E-state index in [4.69, 9.17) is 4.74 Å². The van der Waals surface area contributed by atoms with E-state index in [1.807, 2.05) is 48.9 Å². The van der Waals surface area contributed by atoms with Gasteiger partial charge in [0.15, 0.2) is 5.82 Å². The molecule has 0 aliphatic carbocycles. The van der Waals surface area contributed by atoms with E-state index < -0.39 is 0 Å². The summed E-state index contributed by atoms with van der Waals surface area (Å²) in [5, 5.41) is 4.48. The number of carbonyl (C=O) groups is 1. The Kier molecular flexibility index (Phi) is 5.09. The number of rotatable bonds is 6. The second kappa shape index (κ2) is 7.02. The number of benzene rings is 1. The van der Waals surface area contributed by atoms with Crippen molar-refractivity contribution in [1.82, 2.24) is 14.8 Å². The van der Waals surface area contributed by atoms with Crippen molar-refractivity contribution >= 4 is 5.97 Å². The van der Waals surface area contributed by atoms with Crippen LogP contribution in [0.3, 0.4) is 0 Å². The summed E-state index contributed by atoms with van der Waals surface area (Å²) in [6.45, 7) is 4.51. The van der Waals surface area contributed by atoms with E-state index in [0.29, 0.717) is 6.54 Å². The first-order chi connectivity index (χ1) is 10.2. The van der Waals surface area contributed by atoms with Crippen LogP contribution in [0.4, 0.5) is 0 Å². The van der Waals surface area contributed by atoms with Crippen molar-refractivity contribution in [2.24, 2.45) is 0 Å². The Bertz CT molecular complexity index is 593. The molecule has 0 bridgehead atoms. The Morgan fingerprint density at radius 1 is 1.24 bits per heavy atom. The number of methoxy groups -OCH3 is 1. The second-order valence-electron chi connectivity index (χ2n) is 4.82. The van der Waals surface area contributed by atoms with Gasteiger partial charge < -0.3 is 4.74 Å². The zero-order valence-corrected chi connectivity index (χ0v) is 12.7. The van der Waals surface area contributed by atoms with Crippen LogP contribution in [-0.4, -0.2) is 27.8 Å². The summed E-state index contributed by atoms with van der Waals surface area (Å²) >= 11 is 0. The van der Waals surface area contributed by atoms with E-state index in [1.54, 1.807) is 0 Å². The average molecular weight is 287 g/mol. The summed E-state index contributed by atoms with van der Waals surface area (Å²) in [5.74, 6) is 1.09. The molecule has 0 N–H and O–H groups in total. The van der Waals surface area contributed by atoms with Crippen molar-refractivity contribution in [3.05, 3.63) is 47.5 Å². The van der Waals surface area contributed by atoms with Crippen molar-refractivity contribution in [3.8, 4) is 0 Å². The zero-order valence-electron chi connectivity index (χ0n) is 12.7. The number of hydrogen-bond donors (Lipinski definition) is 0. The lowest BCUT2D eigenvalue weighted by Gasteiger charge is -2.16. The highest BCUT2D eigenvalue weighted by Gasteiger charge is 2.23. The van der Waals surface area contributed by atoms with Gasteiger partial charge in [0, 0.05) is 12.8 Å². The number of nitrogens with zero attached hydrogens (tertiary/aromatic N) is 3. The SMILES string of the molecule is CCc1nc(CC)n(CC(C(=O)OC)c2ccccc2)n1. The van der Waals surface area contributed by atoms with E-state index in [0.717, 1.165) is 30.1 Å². The first kappa shape index (κ1) is 15.2. The van der Waals surface area contributed by atoms with E-state index in [1.165, 1.54) is 7.11 Å². The molecule has 0 fully saturated rings. The van der Waals surface area contributed by atoms with Crippen molar-refractivity contribution in [3.63, 3.8) is 0 Å². The number of aromatic nitrogens is 3. The predicted octanol–water partition coefficient (Wildman–Crippen LogP) is 2.36. The summed E-state index contributed by atoms with van der Waals surface area (Å²) in [6.07, 6.45) is 1.57. The van der Waals surface area contributed by atoms with Crippen LogP contribution in [0.25, 0.3) is 0 Å². The van der Waals surface area contributed by atoms with Crippen LogP contribution in [-0.2, 0) is 28.9 Å². The number of hydrogen-bond acceptors (Lipinski definition) is 4. The molecule has 0 saturated carbocycles. The Morgan fingerprint density at radius 2 is 1.95 bits per heavy atom. The normalized spacial score (nSPS) is 12.1. The van der Waals surface area contributed by atoms with Gasteiger partial charge in [-0.3, -0.25) is 4.79 Å². The smallest absolute Gasteiger partial charge is 0.315 e. The first-order valence-electron chi connectivity index (χ1n) is 7.24. The molecule has 1 heterocycles. The lowest BCUT2D eigenvalue weighted by Crippen LogP contribution is -2.21. The molecular formula is C16H21N3O2. The minimum atomic E-state index is -0.368. The summed E-state index contributed by atoms with van der Waals surface area (Å²) < 4.78 is 6.77. The summed E-state index contributed by atoms with van der Waals surface area (Å²) in [6, 6.07) is 9.64. The third-order valence-electron chi connectivity index (χ3n) is 3.47. The summed E-state index contributed by atoms with van der Waals surface area (Å²) in [7, 11) is 1.41. The van der Waals surface area contributed by atoms with Gasteiger partial charge in [0.05, 0.1) is 13.7 Å². The molecule has 0 radical (unpaired) electrons. The quantitative estimate of drug-likeness (QED) is 0.765. The molecule has 2 aromatic rings. The fourth-order valence-corrected chi connectivity index (χ4v) is 2.30. The second-order valence-corrected chi connectivity index (χ2v) is 4.82. The molecule has 0 aliphatic heterocycles. The van der Waals surface area contributed by atoms with E-state index >= 15 is 0 Å². The van der Waals surface area contributed by atoms with Gasteiger partial charge in [-0.1, -0.05) is 44.2 Å². The van der Waals surface area contributed by atoms with Gasteiger partial charge in [0.2, 0.25) is 0 Å².